The lowest BCUT2D eigenvalue weighted by Crippen LogP contribution is -2.59. The van der Waals surface area contributed by atoms with E-state index in [1.807, 2.05) is 0 Å². The Morgan fingerprint density at radius 2 is 1.81 bits per heavy atom. The van der Waals surface area contributed by atoms with Crippen LogP contribution in [0.3, 0.4) is 0 Å². The molecule has 0 bridgehead atoms. The average molecular weight is 633 g/mol. The van der Waals surface area contributed by atoms with Crippen LogP contribution in [0.15, 0.2) is 36.4 Å². The van der Waals surface area contributed by atoms with Crippen molar-refractivity contribution < 1.29 is 37.9 Å². The van der Waals surface area contributed by atoms with E-state index in [1.54, 1.807) is 29.2 Å². The van der Waals surface area contributed by atoms with Gasteiger partial charge in [-0.1, -0.05) is 18.2 Å². The van der Waals surface area contributed by atoms with Crippen LogP contribution in [0.4, 0.5) is 4.39 Å². The molecule has 3 fully saturated rings. The molecule has 14 heteroatoms. The van der Waals surface area contributed by atoms with Crippen LogP contribution in [0.25, 0.3) is 10.1 Å². The van der Waals surface area contributed by atoms with Gasteiger partial charge in [0, 0.05) is 24.2 Å². The standard InChI is InChI=1S/C29H34FN4O7PS/c1-15(35)33-12-21(30)23(13-33)32-27(36)24-6-5-20-9-17-3-4-18(17)10-22(29(38)34(20)24)31-28(37)26-11-19-8-16(14-42(39,40)41)2-7-25(19)43-26/h2-4,7-8,11,17-18,20-24H,5-6,9-10,12-14H2,1H3,(H,31,37)(H,32,36)(H2,39,40,41)/t17-,18+,20+,21-,22?,23-,24-/m0/s1. The fourth-order valence-electron chi connectivity index (χ4n) is 6.83. The molecule has 6 rings (SSSR count). The van der Waals surface area contributed by atoms with E-state index in [4.69, 9.17) is 0 Å². The number of carbonyl (C=O) groups excluding carboxylic acids is 4. The van der Waals surface area contributed by atoms with Crippen molar-refractivity contribution in [2.45, 2.75) is 69.1 Å². The quantitative estimate of drug-likeness (QED) is 0.281. The Balaban J connectivity index is 1.19. The van der Waals surface area contributed by atoms with E-state index in [9.17, 15) is 37.9 Å². The lowest BCUT2D eigenvalue weighted by Gasteiger charge is -2.42. The maximum Gasteiger partial charge on any atom is 0.329 e. The van der Waals surface area contributed by atoms with Gasteiger partial charge in [-0.05, 0) is 66.7 Å². The highest BCUT2D eigenvalue weighted by atomic mass is 32.1. The fourth-order valence-corrected chi connectivity index (χ4v) is 8.45. The number of hydrogen-bond donors (Lipinski definition) is 4. The number of halogens is 1. The Bertz CT molecular complexity index is 1560. The van der Waals surface area contributed by atoms with Crippen molar-refractivity contribution in [2.75, 3.05) is 13.1 Å². The van der Waals surface area contributed by atoms with Crippen LogP contribution < -0.4 is 10.6 Å². The third-order valence-electron chi connectivity index (χ3n) is 9.09. The number of thiophene rings is 1. The third-order valence-corrected chi connectivity index (χ3v) is 11.0. The first-order valence-corrected chi connectivity index (χ1v) is 17.1. The molecule has 2 aromatic rings. The molecule has 1 aromatic carbocycles. The highest BCUT2D eigenvalue weighted by Gasteiger charge is 2.48. The van der Waals surface area contributed by atoms with Gasteiger partial charge >= 0.3 is 7.60 Å². The number of nitrogens with zero attached hydrogens (tertiary/aromatic N) is 2. The first kappa shape index (κ1) is 29.9. The first-order chi connectivity index (χ1) is 20.4. The first-order valence-electron chi connectivity index (χ1n) is 14.4. The summed E-state index contributed by atoms with van der Waals surface area (Å²) in [7, 11) is -4.25. The van der Waals surface area contributed by atoms with Gasteiger partial charge in [-0.3, -0.25) is 23.7 Å². The van der Waals surface area contributed by atoms with E-state index in [-0.39, 0.29) is 42.8 Å². The molecule has 1 aliphatic carbocycles. The number of carbonyl (C=O) groups is 4. The Hall–Kier alpha value is -3.12. The van der Waals surface area contributed by atoms with Crippen LogP contribution in [0.5, 0.6) is 0 Å². The number of alkyl halides is 1. The molecule has 1 aromatic heterocycles. The molecule has 4 N–H and O–H groups in total. The summed E-state index contributed by atoms with van der Waals surface area (Å²) in [6.07, 6.45) is 4.53. The lowest BCUT2D eigenvalue weighted by molar-refractivity contribution is -0.143. The molecule has 4 aliphatic rings. The van der Waals surface area contributed by atoms with Gasteiger partial charge in [-0.15, -0.1) is 11.3 Å². The van der Waals surface area contributed by atoms with Crippen molar-refractivity contribution in [2.24, 2.45) is 11.8 Å². The zero-order valence-corrected chi connectivity index (χ0v) is 25.2. The summed E-state index contributed by atoms with van der Waals surface area (Å²) in [5, 5.41) is 6.32. The van der Waals surface area contributed by atoms with Crippen LogP contribution >= 0.6 is 18.9 Å². The van der Waals surface area contributed by atoms with Crippen LogP contribution in [0.1, 0.15) is 47.8 Å². The van der Waals surface area contributed by atoms with Crippen molar-refractivity contribution >= 4 is 52.6 Å². The van der Waals surface area contributed by atoms with Gasteiger partial charge in [0.25, 0.3) is 5.91 Å². The molecule has 0 saturated carbocycles. The van der Waals surface area contributed by atoms with E-state index in [0.717, 1.165) is 11.1 Å². The predicted octanol–water partition coefficient (Wildman–Crippen LogP) is 2.32. The largest absolute Gasteiger partial charge is 0.347 e. The van der Waals surface area contributed by atoms with Crippen molar-refractivity contribution in [3.8, 4) is 0 Å². The second-order valence-corrected chi connectivity index (χ2v) is 14.8. The average Bonchev–Trinajstić information content (AvgIpc) is 3.63. The van der Waals surface area contributed by atoms with Gasteiger partial charge in [0.1, 0.15) is 18.3 Å². The normalized spacial score (nSPS) is 30.3. The van der Waals surface area contributed by atoms with Crippen molar-refractivity contribution in [3.63, 3.8) is 0 Å². The van der Waals surface area contributed by atoms with Gasteiger partial charge in [0.15, 0.2) is 0 Å². The summed E-state index contributed by atoms with van der Waals surface area (Å²) < 4.78 is 26.8. The molecule has 4 amide bonds. The molecular weight excluding hydrogens is 598 g/mol. The van der Waals surface area contributed by atoms with E-state index in [1.165, 1.54) is 23.2 Å². The molecule has 230 valence electrons. The molecule has 0 spiro atoms. The van der Waals surface area contributed by atoms with Crippen LogP contribution in [-0.4, -0.2) is 86.6 Å². The summed E-state index contributed by atoms with van der Waals surface area (Å²) in [5.74, 6) is -1.13. The number of allylic oxidation sites excluding steroid dienone is 2. The second-order valence-electron chi connectivity index (χ2n) is 12.1. The van der Waals surface area contributed by atoms with Crippen molar-refractivity contribution in [1.29, 1.82) is 0 Å². The molecule has 3 aliphatic heterocycles. The smallest absolute Gasteiger partial charge is 0.329 e. The zero-order chi connectivity index (χ0) is 30.6. The molecular formula is C29H34FN4O7PS. The third kappa shape index (κ3) is 6.13. The highest BCUT2D eigenvalue weighted by Crippen LogP contribution is 2.42. The molecule has 7 atom stereocenters. The summed E-state index contributed by atoms with van der Waals surface area (Å²) in [4.78, 5) is 74.5. The lowest BCUT2D eigenvalue weighted by atomic mass is 9.73. The van der Waals surface area contributed by atoms with Gasteiger partial charge in [0.05, 0.1) is 23.6 Å². The van der Waals surface area contributed by atoms with Crippen LogP contribution in [-0.2, 0) is 25.1 Å². The Labute approximate surface area is 251 Å². The summed E-state index contributed by atoms with van der Waals surface area (Å²) in [6, 6.07) is 3.93. The number of hydrogen-bond acceptors (Lipinski definition) is 6. The highest BCUT2D eigenvalue weighted by molar-refractivity contribution is 7.50. The Morgan fingerprint density at radius 1 is 1.07 bits per heavy atom. The SMILES string of the molecule is CC(=O)N1C[C@H](NC(=O)[C@@H]2CC[C@@H]3C[C@@H]4C=C[C@@H]4CC(NC(=O)c4cc5cc(CP(=O)(O)O)ccc5s4)C(=O)N32)[C@@H](F)C1. The Kier molecular flexibility index (Phi) is 7.95. The van der Waals surface area contributed by atoms with Crippen molar-refractivity contribution in [1.82, 2.24) is 20.4 Å². The van der Waals surface area contributed by atoms with Gasteiger partial charge in [0.2, 0.25) is 17.7 Å². The minimum Gasteiger partial charge on any atom is -0.347 e. The minimum absolute atomic E-state index is 0.0789. The molecule has 3 saturated heterocycles. The second kappa shape index (κ2) is 11.4. The van der Waals surface area contributed by atoms with Gasteiger partial charge in [-0.2, -0.15) is 0 Å². The maximum absolute atomic E-state index is 14.6. The number of benzene rings is 1. The number of fused-ring (bicyclic) bond motifs is 3. The van der Waals surface area contributed by atoms with E-state index in [0.29, 0.717) is 35.1 Å². The van der Waals surface area contributed by atoms with E-state index >= 15 is 0 Å². The fraction of sp³-hybridized carbons (Fsp3) is 0.517. The summed E-state index contributed by atoms with van der Waals surface area (Å²) in [5.41, 5.74) is 0.457. The van der Waals surface area contributed by atoms with E-state index < -0.39 is 49.9 Å². The van der Waals surface area contributed by atoms with E-state index in [2.05, 4.69) is 22.8 Å². The topological polar surface area (TPSA) is 156 Å². The number of nitrogens with one attached hydrogen (secondary N) is 2. The van der Waals surface area contributed by atoms with Crippen molar-refractivity contribution in [3.05, 3.63) is 46.9 Å². The molecule has 1 unspecified atom stereocenters. The number of rotatable bonds is 6. The van der Waals surface area contributed by atoms with Gasteiger partial charge in [-0.25, -0.2) is 4.39 Å². The summed E-state index contributed by atoms with van der Waals surface area (Å²) in [6.45, 7) is 1.36. The van der Waals surface area contributed by atoms with Gasteiger partial charge < -0.3 is 30.2 Å². The molecule has 0 radical (unpaired) electrons. The minimum atomic E-state index is -4.25. The number of amides is 4. The predicted molar refractivity (Wildman–Crippen MR) is 157 cm³/mol. The zero-order valence-electron chi connectivity index (χ0n) is 23.5. The van der Waals surface area contributed by atoms with Crippen LogP contribution in [0, 0.1) is 11.8 Å². The Morgan fingerprint density at radius 3 is 2.49 bits per heavy atom. The molecule has 43 heavy (non-hydrogen) atoms. The molecule has 11 nitrogen and oxygen atoms in total. The summed E-state index contributed by atoms with van der Waals surface area (Å²) >= 11 is 1.22. The monoisotopic (exact) mass is 632 g/mol. The van der Waals surface area contributed by atoms with Crippen LogP contribution in [0.2, 0.25) is 0 Å². The number of likely N-dealkylation sites (tertiary alicyclic amines) is 1. The molecule has 4 heterocycles. The maximum atomic E-state index is 14.6.